The molecule has 0 amide bonds. The van der Waals surface area contributed by atoms with Gasteiger partial charge >= 0.3 is 0 Å². The summed E-state index contributed by atoms with van der Waals surface area (Å²) >= 11 is 5.81. The summed E-state index contributed by atoms with van der Waals surface area (Å²) in [6.45, 7) is -0.0942. The molecule has 0 saturated carbocycles. The highest BCUT2D eigenvalue weighted by atomic mass is 35.7. The molecule has 0 aliphatic carbocycles. The molecule has 0 aliphatic heterocycles. The largest absolute Gasteiger partial charge is 0.486 e. The van der Waals surface area contributed by atoms with Gasteiger partial charge in [-0.05, 0) is 30.3 Å². The van der Waals surface area contributed by atoms with Crippen LogP contribution in [0.15, 0.2) is 41.3 Å². The predicted octanol–water partition coefficient (Wildman–Crippen LogP) is 4.12. The van der Waals surface area contributed by atoms with Gasteiger partial charge in [0.05, 0.1) is 9.92 Å². The first-order valence-corrected chi connectivity index (χ1v) is 8.27. The number of benzene rings is 2. The second-order valence-corrected chi connectivity index (χ2v) is 7.03. The van der Waals surface area contributed by atoms with Gasteiger partial charge in [0.25, 0.3) is 9.05 Å². The predicted molar refractivity (Wildman–Crippen MR) is 75.2 cm³/mol. The molecule has 0 bridgehead atoms. The third-order valence-corrected chi connectivity index (χ3v) is 4.29. The Hall–Kier alpha value is -1.37. The number of hydrogen-bond acceptors (Lipinski definition) is 3. The molecule has 3 nitrogen and oxygen atoms in total. The standard InChI is InChI=1S/C13H8Cl2F2O3S/c14-11-5-9(16)2-1-8(11)7-20-13-4-3-10(6-12(13)17)21(15,18)19/h1-6H,7H2. The van der Waals surface area contributed by atoms with Crippen molar-refractivity contribution in [1.82, 2.24) is 0 Å². The molecule has 2 rings (SSSR count). The Labute approximate surface area is 129 Å². The molecule has 0 N–H and O–H groups in total. The fourth-order valence-electron chi connectivity index (χ4n) is 1.54. The minimum atomic E-state index is -4.01. The van der Waals surface area contributed by atoms with Crippen LogP contribution in [0.1, 0.15) is 5.56 Å². The van der Waals surface area contributed by atoms with Crippen molar-refractivity contribution in [1.29, 1.82) is 0 Å². The van der Waals surface area contributed by atoms with Crippen LogP contribution in [-0.2, 0) is 15.7 Å². The van der Waals surface area contributed by atoms with E-state index < -0.39 is 20.7 Å². The van der Waals surface area contributed by atoms with E-state index in [-0.39, 0.29) is 22.3 Å². The Morgan fingerprint density at radius 1 is 1.10 bits per heavy atom. The molecule has 0 radical (unpaired) electrons. The molecule has 0 spiro atoms. The maximum absolute atomic E-state index is 13.7. The third-order valence-electron chi connectivity index (χ3n) is 2.58. The molecule has 0 fully saturated rings. The van der Waals surface area contributed by atoms with Crippen molar-refractivity contribution in [2.24, 2.45) is 0 Å². The SMILES string of the molecule is O=S(=O)(Cl)c1ccc(OCc2ccc(F)cc2Cl)c(F)c1. The Kier molecular flexibility index (Phi) is 4.70. The summed E-state index contributed by atoms with van der Waals surface area (Å²) in [4.78, 5) is -0.367. The number of rotatable bonds is 4. The highest BCUT2D eigenvalue weighted by molar-refractivity contribution is 8.13. The Morgan fingerprint density at radius 3 is 2.38 bits per heavy atom. The smallest absolute Gasteiger partial charge is 0.261 e. The van der Waals surface area contributed by atoms with Crippen molar-refractivity contribution in [3.63, 3.8) is 0 Å². The zero-order valence-corrected chi connectivity index (χ0v) is 12.6. The van der Waals surface area contributed by atoms with Crippen LogP contribution in [0, 0.1) is 11.6 Å². The highest BCUT2D eigenvalue weighted by Gasteiger charge is 2.14. The van der Waals surface area contributed by atoms with Crippen molar-refractivity contribution in [2.75, 3.05) is 0 Å². The normalized spacial score (nSPS) is 11.4. The number of ether oxygens (including phenoxy) is 1. The lowest BCUT2D eigenvalue weighted by Gasteiger charge is -2.09. The van der Waals surface area contributed by atoms with Crippen molar-refractivity contribution in [3.05, 3.63) is 58.6 Å². The quantitative estimate of drug-likeness (QED) is 0.777. The molecule has 8 heteroatoms. The average molecular weight is 353 g/mol. The second kappa shape index (κ2) is 6.17. The lowest BCUT2D eigenvalue weighted by molar-refractivity contribution is 0.290. The fraction of sp³-hybridized carbons (Fsp3) is 0.0769. The van der Waals surface area contributed by atoms with Crippen LogP contribution >= 0.6 is 22.3 Å². The molecule has 0 unspecified atom stereocenters. The highest BCUT2D eigenvalue weighted by Crippen LogP contribution is 2.25. The van der Waals surface area contributed by atoms with Gasteiger partial charge in [-0.1, -0.05) is 17.7 Å². The second-order valence-electron chi connectivity index (χ2n) is 4.05. The van der Waals surface area contributed by atoms with Gasteiger partial charge < -0.3 is 4.74 Å². The molecule has 2 aromatic rings. The van der Waals surface area contributed by atoms with Gasteiger partial charge in [0.1, 0.15) is 12.4 Å². The van der Waals surface area contributed by atoms with Crippen molar-refractivity contribution in [3.8, 4) is 5.75 Å². The van der Waals surface area contributed by atoms with E-state index in [1.165, 1.54) is 12.1 Å². The topological polar surface area (TPSA) is 43.4 Å². The lowest BCUT2D eigenvalue weighted by atomic mass is 10.2. The molecule has 112 valence electrons. The Morgan fingerprint density at radius 2 is 1.81 bits per heavy atom. The fourth-order valence-corrected chi connectivity index (χ4v) is 2.53. The van der Waals surface area contributed by atoms with Gasteiger partial charge in [-0.2, -0.15) is 0 Å². The molecular weight excluding hydrogens is 345 g/mol. The van der Waals surface area contributed by atoms with Crippen molar-refractivity contribution in [2.45, 2.75) is 11.5 Å². The van der Waals surface area contributed by atoms with E-state index in [4.69, 9.17) is 27.0 Å². The van der Waals surface area contributed by atoms with Gasteiger partial charge in [-0.15, -0.1) is 0 Å². The summed E-state index contributed by atoms with van der Waals surface area (Å²) in [5, 5.41) is 0.148. The summed E-state index contributed by atoms with van der Waals surface area (Å²) in [6.07, 6.45) is 0. The van der Waals surface area contributed by atoms with E-state index in [9.17, 15) is 17.2 Å². The van der Waals surface area contributed by atoms with E-state index in [0.29, 0.717) is 5.56 Å². The van der Waals surface area contributed by atoms with Crippen LogP contribution in [-0.4, -0.2) is 8.42 Å². The molecule has 21 heavy (non-hydrogen) atoms. The maximum Gasteiger partial charge on any atom is 0.261 e. The summed E-state index contributed by atoms with van der Waals surface area (Å²) < 4.78 is 53.9. The van der Waals surface area contributed by atoms with Crippen molar-refractivity contribution < 1.29 is 21.9 Å². The van der Waals surface area contributed by atoms with Gasteiger partial charge in [0.2, 0.25) is 0 Å². The van der Waals surface area contributed by atoms with Crippen molar-refractivity contribution >= 4 is 31.3 Å². The van der Waals surface area contributed by atoms with Crippen LogP contribution in [0.2, 0.25) is 5.02 Å². The first kappa shape index (κ1) is 16.0. The molecular formula is C13H8Cl2F2O3S. The molecule has 0 aliphatic rings. The lowest BCUT2D eigenvalue weighted by Crippen LogP contribution is -2.00. The minimum Gasteiger partial charge on any atom is -0.486 e. The molecule has 0 aromatic heterocycles. The van der Waals surface area contributed by atoms with Crippen LogP contribution < -0.4 is 4.74 Å². The molecule has 2 aromatic carbocycles. The number of hydrogen-bond donors (Lipinski definition) is 0. The van der Waals surface area contributed by atoms with Gasteiger partial charge in [0, 0.05) is 16.2 Å². The number of halogens is 4. The van der Waals surface area contributed by atoms with Gasteiger partial charge in [-0.3, -0.25) is 0 Å². The van der Waals surface area contributed by atoms with Crippen LogP contribution in [0.3, 0.4) is 0 Å². The average Bonchev–Trinajstić information content (AvgIpc) is 2.38. The van der Waals surface area contributed by atoms with Crippen LogP contribution in [0.4, 0.5) is 8.78 Å². The third kappa shape index (κ3) is 4.06. The zero-order chi connectivity index (χ0) is 15.6. The zero-order valence-electron chi connectivity index (χ0n) is 10.3. The minimum absolute atomic E-state index is 0.0942. The monoisotopic (exact) mass is 352 g/mol. The summed E-state index contributed by atoms with van der Waals surface area (Å²) in [5.74, 6) is -1.54. The van der Waals surface area contributed by atoms with Gasteiger partial charge in [-0.25, -0.2) is 17.2 Å². The molecule has 0 saturated heterocycles. The van der Waals surface area contributed by atoms with Crippen LogP contribution in [0.5, 0.6) is 5.75 Å². The molecule has 0 atom stereocenters. The van der Waals surface area contributed by atoms with E-state index in [1.54, 1.807) is 0 Å². The van der Waals surface area contributed by atoms with E-state index in [0.717, 1.165) is 24.3 Å². The Balaban J connectivity index is 2.17. The van der Waals surface area contributed by atoms with Crippen LogP contribution in [0.25, 0.3) is 0 Å². The van der Waals surface area contributed by atoms with E-state index >= 15 is 0 Å². The summed E-state index contributed by atoms with van der Waals surface area (Å²) in [5.41, 5.74) is 0.464. The van der Waals surface area contributed by atoms with E-state index in [1.807, 2.05) is 0 Å². The first-order chi connectivity index (χ1) is 9.77. The first-order valence-electron chi connectivity index (χ1n) is 5.58. The van der Waals surface area contributed by atoms with E-state index in [2.05, 4.69) is 0 Å². The summed E-state index contributed by atoms with van der Waals surface area (Å²) in [7, 11) is 1.10. The maximum atomic E-state index is 13.7. The Bertz CT molecular complexity index is 779. The summed E-state index contributed by atoms with van der Waals surface area (Å²) in [6, 6.07) is 6.73. The van der Waals surface area contributed by atoms with Gasteiger partial charge in [0.15, 0.2) is 11.6 Å². The molecule has 0 heterocycles.